The van der Waals surface area contributed by atoms with Gasteiger partial charge in [-0.2, -0.15) is 0 Å². The fraction of sp³-hybridized carbons (Fsp3) is 0.524. The third kappa shape index (κ3) is 6.47. The van der Waals surface area contributed by atoms with Gasteiger partial charge in [0.15, 0.2) is 0 Å². The number of hydrazine groups is 1. The molecule has 1 aromatic rings. The molecule has 1 aromatic carbocycles. The van der Waals surface area contributed by atoms with Crippen LogP contribution in [0.5, 0.6) is 5.75 Å². The maximum Gasteiger partial charge on any atom is 0.244 e. The third-order valence-corrected chi connectivity index (χ3v) is 5.08. The molecule has 0 aromatic heterocycles. The molecule has 0 radical (unpaired) electrons. The topological polar surface area (TPSA) is 83.1 Å². The number of morpholine rings is 1. The normalized spacial score (nSPS) is 17.5. The minimum Gasteiger partial charge on any atom is -0.497 e. The summed E-state index contributed by atoms with van der Waals surface area (Å²) in [5, 5.41) is 4.46. The molecule has 2 amide bonds. The van der Waals surface area contributed by atoms with E-state index < -0.39 is 0 Å². The van der Waals surface area contributed by atoms with Gasteiger partial charge in [0, 0.05) is 32.5 Å². The Morgan fingerprint density at radius 2 is 1.97 bits per heavy atom. The molecule has 0 unspecified atom stereocenters. The number of nitrogens with zero attached hydrogens (tertiary/aromatic N) is 2. The number of hydrogen-bond donors (Lipinski definition) is 2. The van der Waals surface area contributed by atoms with E-state index >= 15 is 0 Å². The van der Waals surface area contributed by atoms with Crippen LogP contribution in [0.1, 0.15) is 24.8 Å². The van der Waals surface area contributed by atoms with Crippen molar-refractivity contribution in [1.82, 2.24) is 20.7 Å². The molecule has 2 aliphatic rings. The minimum atomic E-state index is -0.0397. The van der Waals surface area contributed by atoms with Crippen LogP contribution in [0.3, 0.4) is 0 Å². The van der Waals surface area contributed by atoms with Crippen LogP contribution in [0.4, 0.5) is 0 Å². The molecule has 0 bridgehead atoms. The second-order valence-electron chi connectivity index (χ2n) is 7.12. The van der Waals surface area contributed by atoms with E-state index in [9.17, 15) is 9.59 Å². The summed E-state index contributed by atoms with van der Waals surface area (Å²) >= 11 is 0. The van der Waals surface area contributed by atoms with Crippen LogP contribution < -0.4 is 15.5 Å². The number of rotatable bonds is 9. The van der Waals surface area contributed by atoms with Crippen LogP contribution in [0.2, 0.25) is 0 Å². The Kier molecular flexibility index (Phi) is 7.89. The Morgan fingerprint density at radius 3 is 2.69 bits per heavy atom. The van der Waals surface area contributed by atoms with Crippen LogP contribution in [-0.2, 0) is 14.3 Å². The van der Waals surface area contributed by atoms with Crippen LogP contribution >= 0.6 is 0 Å². The van der Waals surface area contributed by atoms with Gasteiger partial charge >= 0.3 is 0 Å². The van der Waals surface area contributed by atoms with E-state index in [0.717, 1.165) is 56.3 Å². The van der Waals surface area contributed by atoms with Crippen molar-refractivity contribution < 1.29 is 19.1 Å². The second kappa shape index (κ2) is 10.8. The van der Waals surface area contributed by atoms with Gasteiger partial charge in [-0.1, -0.05) is 0 Å². The molecular formula is C21H30N4O4. The largest absolute Gasteiger partial charge is 0.497 e. The monoisotopic (exact) mass is 402 g/mol. The number of carbonyl (C=O) groups excluding carboxylic acids is 2. The Morgan fingerprint density at radius 1 is 1.21 bits per heavy atom. The summed E-state index contributed by atoms with van der Waals surface area (Å²) in [6.45, 7) is 5.44. The lowest BCUT2D eigenvalue weighted by Crippen LogP contribution is -2.46. The average Bonchev–Trinajstić information content (AvgIpc) is 2.77. The number of nitrogens with one attached hydrogen (secondary N) is 2. The van der Waals surface area contributed by atoms with Crippen molar-refractivity contribution in [2.24, 2.45) is 0 Å². The molecule has 0 spiro atoms. The standard InChI is InChI=1S/C21H30N4O4/c1-28-18-5-3-17(4-6-18)19-7-8-21(27)25(23-19)12-9-20(26)22-10-2-11-24-13-15-29-16-14-24/h3-7,23H,2,8-16H2,1H3,(H,22,26). The quantitative estimate of drug-likeness (QED) is 0.600. The van der Waals surface area contributed by atoms with E-state index in [1.807, 2.05) is 30.3 Å². The van der Waals surface area contributed by atoms with E-state index in [1.54, 1.807) is 7.11 Å². The minimum absolute atomic E-state index is 0.0395. The summed E-state index contributed by atoms with van der Waals surface area (Å²) in [6, 6.07) is 7.63. The van der Waals surface area contributed by atoms with Crippen molar-refractivity contribution in [3.63, 3.8) is 0 Å². The summed E-state index contributed by atoms with van der Waals surface area (Å²) in [6.07, 6.45) is 3.37. The predicted octanol–water partition coefficient (Wildman–Crippen LogP) is 1.00. The predicted molar refractivity (Wildman–Crippen MR) is 110 cm³/mol. The summed E-state index contributed by atoms with van der Waals surface area (Å²) < 4.78 is 10.5. The van der Waals surface area contributed by atoms with Crippen molar-refractivity contribution in [2.45, 2.75) is 19.3 Å². The van der Waals surface area contributed by atoms with Gasteiger partial charge in [0.2, 0.25) is 11.8 Å². The van der Waals surface area contributed by atoms with Gasteiger partial charge in [0.25, 0.3) is 0 Å². The molecule has 158 valence electrons. The van der Waals surface area contributed by atoms with Crippen LogP contribution in [0.15, 0.2) is 30.3 Å². The van der Waals surface area contributed by atoms with Crippen molar-refractivity contribution in [3.05, 3.63) is 35.9 Å². The van der Waals surface area contributed by atoms with Gasteiger partial charge in [-0.05, 0) is 48.9 Å². The lowest BCUT2D eigenvalue weighted by Gasteiger charge is -2.29. The first-order chi connectivity index (χ1) is 14.2. The van der Waals surface area contributed by atoms with Gasteiger partial charge < -0.3 is 14.8 Å². The summed E-state index contributed by atoms with van der Waals surface area (Å²) in [5.41, 5.74) is 4.96. The van der Waals surface area contributed by atoms with Gasteiger partial charge in [0.05, 0.1) is 32.6 Å². The Balaban J connectivity index is 1.38. The fourth-order valence-corrected chi connectivity index (χ4v) is 3.34. The average molecular weight is 402 g/mol. The highest BCUT2D eigenvalue weighted by Gasteiger charge is 2.20. The van der Waals surface area contributed by atoms with Gasteiger partial charge in [0.1, 0.15) is 5.75 Å². The van der Waals surface area contributed by atoms with Crippen molar-refractivity contribution in [3.8, 4) is 5.75 Å². The van der Waals surface area contributed by atoms with Gasteiger partial charge in [-0.25, -0.2) is 0 Å². The zero-order valence-corrected chi connectivity index (χ0v) is 17.0. The van der Waals surface area contributed by atoms with Crippen LogP contribution in [-0.4, -0.2) is 74.8 Å². The first kappa shape index (κ1) is 21.1. The number of benzene rings is 1. The zero-order valence-electron chi connectivity index (χ0n) is 17.0. The van der Waals surface area contributed by atoms with Gasteiger partial charge in [-0.15, -0.1) is 0 Å². The molecule has 1 fully saturated rings. The second-order valence-corrected chi connectivity index (χ2v) is 7.12. The molecular weight excluding hydrogens is 372 g/mol. The molecule has 8 nitrogen and oxygen atoms in total. The van der Waals surface area contributed by atoms with Crippen molar-refractivity contribution in [2.75, 3.05) is 53.0 Å². The molecule has 29 heavy (non-hydrogen) atoms. The lowest BCUT2D eigenvalue weighted by atomic mass is 10.1. The number of carbonyl (C=O) groups is 2. The molecule has 0 atom stereocenters. The Labute approximate surface area is 171 Å². The SMILES string of the molecule is COc1ccc(C2=CCC(=O)N(CCC(=O)NCCCN3CCOCC3)N2)cc1. The first-order valence-corrected chi connectivity index (χ1v) is 10.1. The maximum absolute atomic E-state index is 12.2. The molecule has 2 aliphatic heterocycles. The molecule has 0 aliphatic carbocycles. The molecule has 3 rings (SSSR count). The van der Waals surface area contributed by atoms with E-state index in [1.165, 1.54) is 5.01 Å². The highest BCUT2D eigenvalue weighted by Crippen LogP contribution is 2.20. The highest BCUT2D eigenvalue weighted by atomic mass is 16.5. The smallest absolute Gasteiger partial charge is 0.244 e. The number of ether oxygens (including phenoxy) is 2. The first-order valence-electron chi connectivity index (χ1n) is 10.1. The summed E-state index contributed by atoms with van der Waals surface area (Å²) in [4.78, 5) is 26.6. The van der Waals surface area contributed by atoms with Crippen molar-refractivity contribution >= 4 is 17.5 Å². The van der Waals surface area contributed by atoms with Crippen molar-refractivity contribution in [1.29, 1.82) is 0 Å². The van der Waals surface area contributed by atoms with Crippen LogP contribution in [0.25, 0.3) is 5.70 Å². The maximum atomic E-state index is 12.2. The van der Waals surface area contributed by atoms with E-state index in [-0.39, 0.29) is 18.2 Å². The van der Waals surface area contributed by atoms with E-state index in [2.05, 4.69) is 15.6 Å². The highest BCUT2D eigenvalue weighted by molar-refractivity contribution is 5.84. The molecule has 2 N–H and O–H groups in total. The Bertz CT molecular complexity index is 714. The molecule has 1 saturated heterocycles. The fourth-order valence-electron chi connectivity index (χ4n) is 3.34. The number of amides is 2. The zero-order chi connectivity index (χ0) is 20.5. The van der Waals surface area contributed by atoms with Crippen LogP contribution in [0, 0.1) is 0 Å². The molecule has 8 heteroatoms. The molecule has 0 saturated carbocycles. The Hall–Kier alpha value is -2.58. The third-order valence-electron chi connectivity index (χ3n) is 5.08. The molecule has 2 heterocycles. The number of methoxy groups -OCH3 is 1. The summed E-state index contributed by atoms with van der Waals surface area (Å²) in [5.74, 6) is 0.702. The van der Waals surface area contributed by atoms with E-state index in [0.29, 0.717) is 19.5 Å². The van der Waals surface area contributed by atoms with Gasteiger partial charge in [-0.3, -0.25) is 24.9 Å². The summed E-state index contributed by atoms with van der Waals surface area (Å²) in [7, 11) is 1.63. The van der Waals surface area contributed by atoms with E-state index in [4.69, 9.17) is 9.47 Å². The number of hydrogen-bond acceptors (Lipinski definition) is 6. The lowest BCUT2D eigenvalue weighted by molar-refractivity contribution is -0.133.